The third-order valence-electron chi connectivity index (χ3n) is 5.65. The highest BCUT2D eigenvalue weighted by Gasteiger charge is 2.30. The van der Waals surface area contributed by atoms with Crippen LogP contribution in [0.4, 0.5) is 0 Å². The average Bonchev–Trinajstić information content (AvgIpc) is 2.79. The molecule has 0 spiro atoms. The van der Waals surface area contributed by atoms with Crippen LogP contribution in [0.25, 0.3) is 0 Å². The highest BCUT2D eigenvalue weighted by molar-refractivity contribution is 5.89. The molecule has 0 saturated heterocycles. The lowest BCUT2D eigenvalue weighted by Gasteiger charge is -2.32. The van der Waals surface area contributed by atoms with Crippen molar-refractivity contribution in [2.75, 3.05) is 0 Å². The van der Waals surface area contributed by atoms with Crippen molar-refractivity contribution in [1.29, 1.82) is 0 Å². The van der Waals surface area contributed by atoms with Gasteiger partial charge < -0.3 is 10.2 Å². The third-order valence-corrected chi connectivity index (χ3v) is 5.65. The summed E-state index contributed by atoms with van der Waals surface area (Å²) in [5.74, 6) is -0.183. The lowest BCUT2D eigenvalue weighted by molar-refractivity contribution is -0.141. The van der Waals surface area contributed by atoms with Crippen molar-refractivity contribution in [2.45, 2.75) is 59.2 Å². The number of amides is 2. The summed E-state index contributed by atoms with van der Waals surface area (Å²) in [5, 5.41) is 3.03. The van der Waals surface area contributed by atoms with Gasteiger partial charge in [-0.15, -0.1) is 0 Å². The number of hydrogen-bond donors (Lipinski definition) is 1. The van der Waals surface area contributed by atoms with Gasteiger partial charge >= 0.3 is 0 Å². The second-order valence-corrected chi connectivity index (χ2v) is 9.04. The summed E-state index contributed by atoms with van der Waals surface area (Å²) in [6.45, 7) is 8.33. The summed E-state index contributed by atoms with van der Waals surface area (Å²) in [4.78, 5) is 28.7. The summed E-state index contributed by atoms with van der Waals surface area (Å²) in [7, 11) is 0. The maximum Gasteiger partial charge on any atom is 0.243 e. The Bertz CT molecular complexity index is 1040. The molecular weight excluding hydrogens is 408 g/mol. The average molecular weight is 443 g/mol. The summed E-state index contributed by atoms with van der Waals surface area (Å²) >= 11 is 0. The van der Waals surface area contributed by atoms with Gasteiger partial charge in [-0.25, -0.2) is 0 Å². The van der Waals surface area contributed by atoms with Gasteiger partial charge in [-0.2, -0.15) is 0 Å². The molecule has 1 N–H and O–H groups in total. The van der Waals surface area contributed by atoms with Gasteiger partial charge in [0.15, 0.2) is 0 Å². The van der Waals surface area contributed by atoms with E-state index in [1.807, 2.05) is 107 Å². The van der Waals surface area contributed by atoms with E-state index in [0.717, 1.165) is 27.8 Å². The van der Waals surface area contributed by atoms with Gasteiger partial charge in [0, 0.05) is 19.0 Å². The van der Waals surface area contributed by atoms with E-state index in [2.05, 4.69) is 5.32 Å². The molecule has 0 bridgehead atoms. The summed E-state index contributed by atoms with van der Waals surface area (Å²) < 4.78 is 0. The normalized spacial score (nSPS) is 11.8. The third kappa shape index (κ3) is 7.31. The van der Waals surface area contributed by atoms with Crippen LogP contribution in [0.15, 0.2) is 78.9 Å². The van der Waals surface area contributed by atoms with Gasteiger partial charge in [0.25, 0.3) is 0 Å². The molecule has 33 heavy (non-hydrogen) atoms. The zero-order valence-corrected chi connectivity index (χ0v) is 20.0. The van der Waals surface area contributed by atoms with Crippen molar-refractivity contribution in [3.63, 3.8) is 0 Å². The summed E-state index contributed by atoms with van der Waals surface area (Å²) in [6.07, 6.45) is 0.720. The number of nitrogens with zero attached hydrogens (tertiary/aromatic N) is 1. The molecule has 0 aromatic heterocycles. The molecule has 0 fully saturated rings. The molecule has 1 atom stereocenters. The topological polar surface area (TPSA) is 49.4 Å². The molecule has 172 valence electrons. The first-order valence-corrected chi connectivity index (χ1v) is 11.6. The van der Waals surface area contributed by atoms with Crippen molar-refractivity contribution >= 4 is 11.8 Å². The van der Waals surface area contributed by atoms with E-state index in [1.165, 1.54) is 0 Å². The predicted octanol–water partition coefficient (Wildman–Crippen LogP) is 5.01. The van der Waals surface area contributed by atoms with Crippen LogP contribution in [-0.4, -0.2) is 28.8 Å². The van der Waals surface area contributed by atoms with Crippen LogP contribution in [0.3, 0.4) is 0 Å². The van der Waals surface area contributed by atoms with Crippen LogP contribution in [0.5, 0.6) is 0 Å². The molecule has 0 heterocycles. The molecule has 3 aromatic carbocycles. The van der Waals surface area contributed by atoms with Crippen LogP contribution < -0.4 is 5.32 Å². The van der Waals surface area contributed by atoms with Gasteiger partial charge in [-0.1, -0.05) is 90.0 Å². The Labute approximate surface area is 197 Å². The smallest absolute Gasteiger partial charge is 0.243 e. The Kier molecular flexibility index (Phi) is 8.42. The zero-order chi connectivity index (χ0) is 23.8. The first-order chi connectivity index (χ1) is 15.8. The molecule has 0 aliphatic rings. The lowest BCUT2D eigenvalue weighted by atomic mass is 10.0. The Morgan fingerprint density at radius 3 is 1.85 bits per heavy atom. The van der Waals surface area contributed by atoms with Crippen LogP contribution in [0.2, 0.25) is 0 Å². The van der Waals surface area contributed by atoms with Gasteiger partial charge in [-0.3, -0.25) is 9.59 Å². The Morgan fingerprint density at radius 1 is 0.758 bits per heavy atom. The molecule has 2 amide bonds. The second-order valence-electron chi connectivity index (χ2n) is 9.04. The lowest BCUT2D eigenvalue weighted by Crippen LogP contribution is -2.52. The van der Waals surface area contributed by atoms with Crippen molar-refractivity contribution in [3.8, 4) is 0 Å². The number of benzene rings is 3. The monoisotopic (exact) mass is 442 g/mol. The van der Waals surface area contributed by atoms with Crippen LogP contribution >= 0.6 is 0 Å². The number of hydrogen-bond acceptors (Lipinski definition) is 2. The van der Waals surface area contributed by atoms with Crippen LogP contribution in [0, 0.1) is 13.8 Å². The minimum atomic E-state index is -0.603. The van der Waals surface area contributed by atoms with E-state index in [0.29, 0.717) is 13.0 Å². The number of nitrogens with one attached hydrogen (secondary N) is 1. The van der Waals surface area contributed by atoms with Gasteiger partial charge in [0.1, 0.15) is 6.04 Å². The molecule has 3 aromatic rings. The fraction of sp³-hybridized carbons (Fsp3) is 0.310. The van der Waals surface area contributed by atoms with Gasteiger partial charge in [-0.05, 0) is 44.4 Å². The van der Waals surface area contributed by atoms with Crippen molar-refractivity contribution in [3.05, 3.63) is 107 Å². The molecule has 0 radical (unpaired) electrons. The molecule has 3 rings (SSSR count). The van der Waals surface area contributed by atoms with Crippen LogP contribution in [-0.2, 0) is 29.0 Å². The molecule has 0 saturated carbocycles. The molecule has 0 unspecified atom stereocenters. The zero-order valence-electron chi connectivity index (χ0n) is 20.0. The first kappa shape index (κ1) is 24.2. The molecule has 4 heteroatoms. The molecule has 4 nitrogen and oxygen atoms in total. The number of rotatable bonds is 9. The summed E-state index contributed by atoms with van der Waals surface area (Å²) in [5.41, 5.74) is 5.30. The minimum absolute atomic E-state index is 0.0100. The van der Waals surface area contributed by atoms with Gasteiger partial charge in [0.05, 0.1) is 6.42 Å². The van der Waals surface area contributed by atoms with E-state index >= 15 is 0 Å². The van der Waals surface area contributed by atoms with Crippen molar-refractivity contribution in [1.82, 2.24) is 10.2 Å². The Balaban J connectivity index is 1.95. The molecule has 0 aliphatic heterocycles. The number of carbonyl (C=O) groups is 2. The Hall–Kier alpha value is -3.40. The minimum Gasteiger partial charge on any atom is -0.352 e. The molecule has 0 aliphatic carbocycles. The SMILES string of the molecule is Cc1ccc(CC(=O)N(Cc2ccc(C)cc2)[C@@H](Cc2ccccc2)C(=O)NC(C)C)cc1. The van der Waals surface area contributed by atoms with Crippen molar-refractivity contribution < 1.29 is 9.59 Å². The second kappa shape index (κ2) is 11.5. The van der Waals surface area contributed by atoms with E-state index in [4.69, 9.17) is 0 Å². The largest absolute Gasteiger partial charge is 0.352 e. The summed E-state index contributed by atoms with van der Waals surface area (Å²) in [6, 6.07) is 25.4. The number of aryl methyl sites for hydroxylation is 2. The van der Waals surface area contributed by atoms with Gasteiger partial charge in [0.2, 0.25) is 11.8 Å². The van der Waals surface area contributed by atoms with Crippen molar-refractivity contribution in [2.24, 2.45) is 0 Å². The Morgan fingerprint density at radius 2 is 1.30 bits per heavy atom. The standard InChI is InChI=1S/C29H34N2O2/c1-21(2)30-29(33)27(18-24-8-6-5-7-9-24)31(20-26-16-12-23(4)13-17-26)28(32)19-25-14-10-22(3)11-15-25/h5-17,21,27H,18-20H2,1-4H3,(H,30,33)/t27-/m0/s1. The van der Waals surface area contributed by atoms with E-state index in [1.54, 1.807) is 4.90 Å². The maximum atomic E-state index is 13.6. The van der Waals surface area contributed by atoms with E-state index in [9.17, 15) is 9.59 Å². The van der Waals surface area contributed by atoms with Crippen LogP contribution in [0.1, 0.15) is 41.7 Å². The highest BCUT2D eigenvalue weighted by Crippen LogP contribution is 2.17. The number of carbonyl (C=O) groups excluding carboxylic acids is 2. The maximum absolute atomic E-state index is 13.6. The fourth-order valence-electron chi connectivity index (χ4n) is 3.81. The first-order valence-electron chi connectivity index (χ1n) is 11.6. The molecular formula is C29H34N2O2. The fourth-order valence-corrected chi connectivity index (χ4v) is 3.81. The van der Waals surface area contributed by atoms with E-state index < -0.39 is 6.04 Å². The highest BCUT2D eigenvalue weighted by atomic mass is 16.2. The quantitative estimate of drug-likeness (QED) is 0.506. The predicted molar refractivity (Wildman–Crippen MR) is 134 cm³/mol. The van der Waals surface area contributed by atoms with E-state index in [-0.39, 0.29) is 24.3 Å².